The number of rotatable bonds is 3. The molecule has 0 heterocycles. The summed E-state index contributed by atoms with van der Waals surface area (Å²) in [6.45, 7) is 9.92. The molecule has 1 aromatic carbocycles. The van der Waals surface area contributed by atoms with Crippen molar-refractivity contribution in [2.24, 2.45) is 0 Å². The van der Waals surface area contributed by atoms with Crippen LogP contribution < -0.4 is 5.32 Å². The Labute approximate surface area is 87.5 Å². The molecule has 0 unspecified atom stereocenters. The maximum atomic E-state index is 3.20. The first-order chi connectivity index (χ1) is 6.57. The van der Waals surface area contributed by atoms with Crippen LogP contribution in [0.5, 0.6) is 0 Å². The van der Waals surface area contributed by atoms with Gasteiger partial charge in [-0.25, -0.2) is 0 Å². The highest BCUT2D eigenvalue weighted by Gasteiger charge is 2.06. The Balaban J connectivity index is 3.06. The zero-order valence-corrected chi connectivity index (χ0v) is 9.99. The van der Waals surface area contributed by atoms with E-state index in [0.29, 0.717) is 0 Å². The van der Waals surface area contributed by atoms with Crippen LogP contribution in [0.2, 0.25) is 0 Å². The van der Waals surface area contributed by atoms with E-state index in [1.54, 1.807) is 0 Å². The Morgan fingerprint density at radius 1 is 1.00 bits per heavy atom. The van der Waals surface area contributed by atoms with E-state index < -0.39 is 0 Å². The first-order valence-electron chi connectivity index (χ1n) is 5.28. The molecule has 0 amide bonds. The lowest BCUT2D eigenvalue weighted by Gasteiger charge is -2.14. The van der Waals surface area contributed by atoms with Gasteiger partial charge in [0, 0.05) is 0 Å². The smallest absolute Gasteiger partial charge is 0.00113 e. The molecule has 0 aliphatic rings. The Kier molecular flexibility index (Phi) is 3.70. The fraction of sp³-hybridized carbons (Fsp3) is 0.538. The first-order valence-corrected chi connectivity index (χ1v) is 5.28. The standard InChI is InChI=1S/C13H21N/c1-9-8-13(6-7-14-5)12(4)11(3)10(9)2/h8,14H,6-7H2,1-5H3. The van der Waals surface area contributed by atoms with Gasteiger partial charge in [0.2, 0.25) is 0 Å². The van der Waals surface area contributed by atoms with Crippen LogP contribution in [0, 0.1) is 27.7 Å². The highest BCUT2D eigenvalue weighted by atomic mass is 14.8. The number of likely N-dealkylation sites (N-methyl/N-ethyl adjacent to an activating group) is 1. The summed E-state index contributed by atoms with van der Waals surface area (Å²) in [5.74, 6) is 0. The fourth-order valence-corrected chi connectivity index (χ4v) is 1.82. The maximum Gasteiger partial charge on any atom is -0.00113 e. The van der Waals surface area contributed by atoms with E-state index in [9.17, 15) is 0 Å². The molecule has 0 bridgehead atoms. The van der Waals surface area contributed by atoms with Crippen molar-refractivity contribution in [2.45, 2.75) is 34.1 Å². The highest BCUT2D eigenvalue weighted by Crippen LogP contribution is 2.21. The van der Waals surface area contributed by atoms with Crippen molar-refractivity contribution >= 4 is 0 Å². The van der Waals surface area contributed by atoms with Gasteiger partial charge in [-0.05, 0) is 75.5 Å². The van der Waals surface area contributed by atoms with E-state index in [0.717, 1.165) is 13.0 Å². The minimum Gasteiger partial charge on any atom is -0.319 e. The molecule has 0 aliphatic heterocycles. The second-order valence-corrected chi connectivity index (χ2v) is 4.08. The maximum absolute atomic E-state index is 3.20. The van der Waals surface area contributed by atoms with Crippen molar-refractivity contribution in [3.05, 3.63) is 33.9 Å². The van der Waals surface area contributed by atoms with Crippen molar-refractivity contribution in [3.8, 4) is 0 Å². The molecular weight excluding hydrogens is 170 g/mol. The first kappa shape index (κ1) is 11.3. The van der Waals surface area contributed by atoms with Gasteiger partial charge < -0.3 is 5.32 Å². The Morgan fingerprint density at radius 2 is 1.64 bits per heavy atom. The third-order valence-corrected chi connectivity index (χ3v) is 3.23. The van der Waals surface area contributed by atoms with Crippen LogP contribution in [-0.2, 0) is 6.42 Å². The molecule has 1 nitrogen and oxygen atoms in total. The van der Waals surface area contributed by atoms with Crippen LogP contribution >= 0.6 is 0 Å². The number of aryl methyl sites for hydroxylation is 1. The third-order valence-electron chi connectivity index (χ3n) is 3.23. The topological polar surface area (TPSA) is 12.0 Å². The summed E-state index contributed by atoms with van der Waals surface area (Å²) in [7, 11) is 2.00. The monoisotopic (exact) mass is 191 g/mol. The van der Waals surface area contributed by atoms with E-state index >= 15 is 0 Å². The minimum absolute atomic E-state index is 1.06. The third kappa shape index (κ3) is 2.16. The van der Waals surface area contributed by atoms with E-state index in [4.69, 9.17) is 0 Å². The molecule has 1 aromatic rings. The lowest BCUT2D eigenvalue weighted by atomic mass is 9.93. The largest absolute Gasteiger partial charge is 0.319 e. The van der Waals surface area contributed by atoms with Crippen molar-refractivity contribution in [3.63, 3.8) is 0 Å². The SMILES string of the molecule is CNCCc1cc(C)c(C)c(C)c1C. The Bertz CT molecular complexity index is 326. The number of hydrogen-bond acceptors (Lipinski definition) is 1. The lowest BCUT2D eigenvalue weighted by Crippen LogP contribution is -2.11. The van der Waals surface area contributed by atoms with Crippen molar-refractivity contribution in [1.82, 2.24) is 5.32 Å². The van der Waals surface area contributed by atoms with Gasteiger partial charge in [-0.1, -0.05) is 6.07 Å². The van der Waals surface area contributed by atoms with E-state index in [1.807, 2.05) is 7.05 Å². The van der Waals surface area contributed by atoms with Gasteiger partial charge in [-0.3, -0.25) is 0 Å². The number of benzene rings is 1. The van der Waals surface area contributed by atoms with Crippen LogP contribution in [0.4, 0.5) is 0 Å². The van der Waals surface area contributed by atoms with Gasteiger partial charge in [0.05, 0.1) is 0 Å². The van der Waals surface area contributed by atoms with E-state index in [2.05, 4.69) is 39.1 Å². The van der Waals surface area contributed by atoms with E-state index in [-0.39, 0.29) is 0 Å². The molecule has 78 valence electrons. The molecule has 1 rings (SSSR count). The summed E-state index contributed by atoms with van der Waals surface area (Å²) in [6.07, 6.45) is 1.13. The van der Waals surface area contributed by atoms with Crippen LogP contribution in [0.3, 0.4) is 0 Å². The van der Waals surface area contributed by atoms with Gasteiger partial charge in [0.1, 0.15) is 0 Å². The average Bonchev–Trinajstić information content (AvgIpc) is 2.18. The summed E-state index contributed by atoms with van der Waals surface area (Å²) >= 11 is 0. The van der Waals surface area contributed by atoms with Crippen molar-refractivity contribution in [2.75, 3.05) is 13.6 Å². The highest BCUT2D eigenvalue weighted by molar-refractivity contribution is 5.43. The normalized spacial score (nSPS) is 10.6. The van der Waals surface area contributed by atoms with Crippen molar-refractivity contribution in [1.29, 1.82) is 0 Å². The van der Waals surface area contributed by atoms with Crippen LogP contribution in [-0.4, -0.2) is 13.6 Å². The quantitative estimate of drug-likeness (QED) is 0.774. The molecule has 0 spiro atoms. The van der Waals surface area contributed by atoms with Crippen LogP contribution in [0.1, 0.15) is 27.8 Å². The zero-order chi connectivity index (χ0) is 10.7. The molecule has 0 aliphatic carbocycles. The molecular formula is C13H21N. The van der Waals surface area contributed by atoms with Gasteiger partial charge >= 0.3 is 0 Å². The molecule has 0 fully saturated rings. The molecule has 1 N–H and O–H groups in total. The Hall–Kier alpha value is -0.820. The van der Waals surface area contributed by atoms with Gasteiger partial charge in [0.15, 0.2) is 0 Å². The summed E-state index contributed by atoms with van der Waals surface area (Å²) in [6, 6.07) is 2.33. The van der Waals surface area contributed by atoms with Crippen LogP contribution in [0.25, 0.3) is 0 Å². The lowest BCUT2D eigenvalue weighted by molar-refractivity contribution is 0.787. The molecule has 0 saturated carbocycles. The fourth-order valence-electron chi connectivity index (χ4n) is 1.82. The Morgan fingerprint density at radius 3 is 2.21 bits per heavy atom. The summed E-state index contributed by atoms with van der Waals surface area (Å²) < 4.78 is 0. The number of hydrogen-bond donors (Lipinski definition) is 1. The zero-order valence-electron chi connectivity index (χ0n) is 9.99. The van der Waals surface area contributed by atoms with E-state index in [1.165, 1.54) is 27.8 Å². The molecule has 0 radical (unpaired) electrons. The molecule has 0 aromatic heterocycles. The van der Waals surface area contributed by atoms with Gasteiger partial charge in [0.25, 0.3) is 0 Å². The summed E-state index contributed by atoms with van der Waals surface area (Å²) in [5, 5.41) is 3.20. The summed E-state index contributed by atoms with van der Waals surface area (Å²) in [4.78, 5) is 0. The molecule has 14 heavy (non-hydrogen) atoms. The van der Waals surface area contributed by atoms with Gasteiger partial charge in [-0.2, -0.15) is 0 Å². The second-order valence-electron chi connectivity index (χ2n) is 4.08. The number of nitrogens with one attached hydrogen (secondary N) is 1. The summed E-state index contributed by atoms with van der Waals surface area (Å²) in [5.41, 5.74) is 7.26. The minimum atomic E-state index is 1.06. The molecule has 0 atom stereocenters. The molecule has 0 saturated heterocycles. The predicted molar refractivity (Wildman–Crippen MR) is 63.0 cm³/mol. The second kappa shape index (κ2) is 4.61. The average molecular weight is 191 g/mol. The predicted octanol–water partition coefficient (Wildman–Crippen LogP) is 2.68. The van der Waals surface area contributed by atoms with Crippen LogP contribution in [0.15, 0.2) is 6.07 Å². The van der Waals surface area contributed by atoms with Gasteiger partial charge in [-0.15, -0.1) is 0 Å². The molecule has 1 heteroatoms. The van der Waals surface area contributed by atoms with Crippen molar-refractivity contribution < 1.29 is 0 Å².